The van der Waals surface area contributed by atoms with Crippen LogP contribution >= 0.6 is 0 Å². The summed E-state index contributed by atoms with van der Waals surface area (Å²) in [4.78, 5) is 13.8. The molecule has 6 heteroatoms. The van der Waals surface area contributed by atoms with E-state index in [4.69, 9.17) is 10.5 Å². The van der Waals surface area contributed by atoms with Crippen LogP contribution in [0.3, 0.4) is 0 Å². The molecule has 2 rings (SSSR count). The second kappa shape index (κ2) is 6.17. The maximum Gasteiger partial charge on any atom is 0.254 e. The van der Waals surface area contributed by atoms with Crippen LogP contribution in [0.4, 0.5) is 14.5 Å². The highest BCUT2D eigenvalue weighted by Gasteiger charge is 2.23. The van der Waals surface area contributed by atoms with Crippen molar-refractivity contribution < 1.29 is 18.3 Å². The van der Waals surface area contributed by atoms with E-state index in [2.05, 4.69) is 0 Å². The number of rotatable bonds is 4. The Kier molecular flexibility index (Phi) is 4.54. The molecule has 110 valence electrons. The predicted molar refractivity (Wildman–Crippen MR) is 71.3 cm³/mol. The van der Waals surface area contributed by atoms with E-state index in [-0.39, 0.29) is 11.7 Å². The molecule has 1 atom stereocenters. The van der Waals surface area contributed by atoms with Crippen molar-refractivity contribution in [2.45, 2.75) is 25.9 Å². The molecular weight excluding hydrogens is 266 g/mol. The Morgan fingerprint density at radius 1 is 1.45 bits per heavy atom. The first kappa shape index (κ1) is 14.7. The highest BCUT2D eigenvalue weighted by molar-refractivity contribution is 5.94. The Morgan fingerprint density at radius 2 is 2.10 bits per heavy atom. The molecule has 1 heterocycles. The summed E-state index contributed by atoms with van der Waals surface area (Å²) in [6.07, 6.45) is 1.87. The molecule has 0 spiro atoms. The average Bonchev–Trinajstić information content (AvgIpc) is 2.93. The molecule has 2 N–H and O–H groups in total. The second-order valence-corrected chi connectivity index (χ2v) is 4.83. The van der Waals surface area contributed by atoms with Gasteiger partial charge in [-0.3, -0.25) is 4.79 Å². The van der Waals surface area contributed by atoms with Crippen LogP contribution in [0.1, 0.15) is 30.1 Å². The van der Waals surface area contributed by atoms with Crippen molar-refractivity contribution in [3.05, 3.63) is 29.3 Å². The molecule has 1 aliphatic rings. The van der Waals surface area contributed by atoms with Crippen LogP contribution in [0.25, 0.3) is 0 Å². The summed E-state index contributed by atoms with van der Waals surface area (Å²) in [6, 6.07) is 1.94. The number of nitrogens with zero attached hydrogens (tertiary/aromatic N) is 1. The smallest absolute Gasteiger partial charge is 0.254 e. The quantitative estimate of drug-likeness (QED) is 0.862. The molecule has 1 aromatic rings. The molecule has 0 radical (unpaired) electrons. The number of amides is 1. The van der Waals surface area contributed by atoms with Crippen LogP contribution in [0, 0.1) is 11.6 Å². The van der Waals surface area contributed by atoms with Gasteiger partial charge in [0, 0.05) is 25.3 Å². The van der Waals surface area contributed by atoms with Crippen LogP contribution in [-0.4, -0.2) is 36.6 Å². The number of benzene rings is 1. The molecular formula is C14H18F2N2O2. The molecule has 20 heavy (non-hydrogen) atoms. The monoisotopic (exact) mass is 284 g/mol. The Labute approximate surface area is 116 Å². The zero-order chi connectivity index (χ0) is 14.7. The normalized spacial score (nSPS) is 18.2. The van der Waals surface area contributed by atoms with Crippen LogP contribution in [0.15, 0.2) is 12.1 Å². The number of anilines is 1. The number of hydrogen-bond acceptors (Lipinski definition) is 3. The van der Waals surface area contributed by atoms with Gasteiger partial charge in [0.2, 0.25) is 0 Å². The number of likely N-dealkylation sites (N-methyl/N-ethyl adjacent to an activating group) is 1. The summed E-state index contributed by atoms with van der Waals surface area (Å²) >= 11 is 0. The maximum absolute atomic E-state index is 13.4. The summed E-state index contributed by atoms with van der Waals surface area (Å²) in [5.74, 6) is -2.25. The number of carbonyl (C=O) groups is 1. The first-order chi connectivity index (χ1) is 9.52. The van der Waals surface area contributed by atoms with Crippen molar-refractivity contribution in [2.75, 3.05) is 25.4 Å². The Bertz CT molecular complexity index is 479. The lowest BCUT2D eigenvalue weighted by molar-refractivity contribution is 0.0538. The molecule has 1 fully saturated rings. The van der Waals surface area contributed by atoms with Gasteiger partial charge >= 0.3 is 0 Å². The first-order valence-corrected chi connectivity index (χ1v) is 6.68. The minimum absolute atomic E-state index is 0.00220. The fourth-order valence-corrected chi connectivity index (χ4v) is 2.28. The van der Waals surface area contributed by atoms with E-state index < -0.39 is 23.2 Å². The van der Waals surface area contributed by atoms with Crippen molar-refractivity contribution in [1.29, 1.82) is 0 Å². The third-order valence-electron chi connectivity index (χ3n) is 3.44. The third kappa shape index (κ3) is 3.07. The first-order valence-electron chi connectivity index (χ1n) is 6.68. The summed E-state index contributed by atoms with van der Waals surface area (Å²) in [5.41, 5.74) is 4.60. The number of nitrogen functional groups attached to an aromatic ring is 1. The molecule has 4 nitrogen and oxygen atoms in total. The van der Waals surface area contributed by atoms with Gasteiger partial charge in [0.05, 0.1) is 6.10 Å². The van der Waals surface area contributed by atoms with Crippen molar-refractivity contribution in [3.8, 4) is 0 Å². The van der Waals surface area contributed by atoms with Crippen LogP contribution < -0.4 is 5.73 Å². The Balaban J connectivity index is 2.15. The molecule has 0 saturated carbocycles. The molecule has 1 aliphatic heterocycles. The summed E-state index contributed by atoms with van der Waals surface area (Å²) in [7, 11) is 0. The third-order valence-corrected chi connectivity index (χ3v) is 3.44. The molecule has 1 saturated heterocycles. The highest BCUT2D eigenvalue weighted by Crippen LogP contribution is 2.20. The number of halogens is 2. The van der Waals surface area contributed by atoms with Gasteiger partial charge in [-0.25, -0.2) is 8.78 Å². The van der Waals surface area contributed by atoms with Crippen molar-refractivity contribution in [2.24, 2.45) is 0 Å². The van der Waals surface area contributed by atoms with Crippen LogP contribution in [-0.2, 0) is 4.74 Å². The minimum Gasteiger partial charge on any atom is -0.394 e. The number of hydrogen-bond donors (Lipinski definition) is 1. The molecule has 0 aromatic heterocycles. The van der Waals surface area contributed by atoms with Gasteiger partial charge < -0.3 is 15.4 Å². The highest BCUT2D eigenvalue weighted by atomic mass is 19.1. The average molecular weight is 284 g/mol. The number of ether oxygens (including phenoxy) is 1. The van der Waals surface area contributed by atoms with Gasteiger partial charge in [-0.2, -0.15) is 0 Å². The van der Waals surface area contributed by atoms with Gasteiger partial charge in [0.15, 0.2) is 0 Å². The standard InChI is InChI=1S/C14H18F2N2O2/c1-2-18(8-10-4-3-5-20-10)14(19)9-6-11(15)13(17)12(16)7-9/h6-7,10H,2-5,8,17H2,1H3. The lowest BCUT2D eigenvalue weighted by Crippen LogP contribution is -2.37. The zero-order valence-electron chi connectivity index (χ0n) is 11.4. The van der Waals surface area contributed by atoms with Gasteiger partial charge in [0.1, 0.15) is 17.3 Å². The minimum atomic E-state index is -0.915. The van der Waals surface area contributed by atoms with Crippen LogP contribution in [0.5, 0.6) is 0 Å². The lowest BCUT2D eigenvalue weighted by atomic mass is 10.1. The summed E-state index contributed by atoms with van der Waals surface area (Å²) in [6.45, 7) is 3.40. The molecule has 1 unspecified atom stereocenters. The molecule has 0 bridgehead atoms. The second-order valence-electron chi connectivity index (χ2n) is 4.83. The van der Waals surface area contributed by atoms with Crippen molar-refractivity contribution >= 4 is 11.6 Å². The van der Waals surface area contributed by atoms with E-state index in [0.29, 0.717) is 19.7 Å². The Hall–Kier alpha value is -1.69. The van der Waals surface area contributed by atoms with Gasteiger partial charge in [-0.05, 0) is 31.9 Å². The largest absolute Gasteiger partial charge is 0.394 e. The topological polar surface area (TPSA) is 55.6 Å². The molecule has 0 aliphatic carbocycles. The molecule has 1 amide bonds. The van der Waals surface area contributed by atoms with E-state index in [1.807, 2.05) is 6.92 Å². The van der Waals surface area contributed by atoms with E-state index in [0.717, 1.165) is 25.0 Å². The summed E-state index contributed by atoms with van der Waals surface area (Å²) < 4.78 is 32.3. The van der Waals surface area contributed by atoms with E-state index in [9.17, 15) is 13.6 Å². The van der Waals surface area contributed by atoms with Crippen LogP contribution in [0.2, 0.25) is 0 Å². The maximum atomic E-state index is 13.4. The van der Waals surface area contributed by atoms with Gasteiger partial charge in [-0.15, -0.1) is 0 Å². The fraction of sp³-hybridized carbons (Fsp3) is 0.500. The predicted octanol–water partition coefficient (Wildman–Crippen LogP) is 2.19. The van der Waals surface area contributed by atoms with E-state index in [1.54, 1.807) is 0 Å². The Morgan fingerprint density at radius 3 is 2.60 bits per heavy atom. The SMILES string of the molecule is CCN(CC1CCCO1)C(=O)c1cc(F)c(N)c(F)c1. The number of carbonyl (C=O) groups excluding carboxylic acids is 1. The zero-order valence-corrected chi connectivity index (χ0v) is 11.4. The van der Waals surface area contributed by atoms with Gasteiger partial charge in [0.25, 0.3) is 5.91 Å². The lowest BCUT2D eigenvalue weighted by Gasteiger charge is -2.24. The van der Waals surface area contributed by atoms with E-state index in [1.165, 1.54) is 4.90 Å². The summed E-state index contributed by atoms with van der Waals surface area (Å²) in [5, 5.41) is 0. The number of nitrogens with two attached hydrogens (primary N) is 1. The van der Waals surface area contributed by atoms with Crippen molar-refractivity contribution in [3.63, 3.8) is 0 Å². The van der Waals surface area contributed by atoms with Gasteiger partial charge in [-0.1, -0.05) is 0 Å². The fourth-order valence-electron chi connectivity index (χ4n) is 2.28. The van der Waals surface area contributed by atoms with E-state index >= 15 is 0 Å². The molecule has 1 aromatic carbocycles. The van der Waals surface area contributed by atoms with Crippen molar-refractivity contribution in [1.82, 2.24) is 4.90 Å².